The summed E-state index contributed by atoms with van der Waals surface area (Å²) < 4.78 is 10.3. The smallest absolute Gasteiger partial charge is 0.338 e. The molecule has 3 amide bonds. The van der Waals surface area contributed by atoms with Crippen LogP contribution in [0.25, 0.3) is 0 Å². The van der Waals surface area contributed by atoms with E-state index in [2.05, 4.69) is 10.2 Å². The van der Waals surface area contributed by atoms with Crippen molar-refractivity contribution in [2.24, 2.45) is 0 Å². The van der Waals surface area contributed by atoms with E-state index in [9.17, 15) is 14.4 Å². The van der Waals surface area contributed by atoms with Crippen LogP contribution >= 0.6 is 11.3 Å². The molecule has 170 valence electrons. The SMILES string of the molecule is CCOC(=O)C1=C(CN2CCN(C(=O)COC)CC2)N(CC)C(=O)NC1c1ccsc1. The van der Waals surface area contributed by atoms with Gasteiger partial charge in [-0.05, 0) is 36.2 Å². The summed E-state index contributed by atoms with van der Waals surface area (Å²) in [5.74, 6) is -0.445. The van der Waals surface area contributed by atoms with Crippen LogP contribution in [0.15, 0.2) is 28.1 Å². The van der Waals surface area contributed by atoms with Crippen molar-refractivity contribution in [1.82, 2.24) is 20.0 Å². The Morgan fingerprint density at radius 1 is 1.23 bits per heavy atom. The van der Waals surface area contributed by atoms with Gasteiger partial charge in [-0.1, -0.05) is 0 Å². The minimum Gasteiger partial charge on any atom is -0.463 e. The van der Waals surface area contributed by atoms with Gasteiger partial charge in [-0.3, -0.25) is 14.6 Å². The molecular formula is C21H30N4O5S. The number of carbonyl (C=O) groups is 3. The first-order valence-corrected chi connectivity index (χ1v) is 11.4. The fourth-order valence-electron chi connectivity index (χ4n) is 3.93. The molecule has 0 radical (unpaired) electrons. The molecule has 1 N–H and O–H groups in total. The highest BCUT2D eigenvalue weighted by Gasteiger charge is 2.38. The largest absolute Gasteiger partial charge is 0.463 e. The van der Waals surface area contributed by atoms with Gasteiger partial charge in [-0.25, -0.2) is 9.59 Å². The van der Waals surface area contributed by atoms with Crippen LogP contribution < -0.4 is 5.32 Å². The van der Waals surface area contributed by atoms with Gasteiger partial charge in [0.05, 0.1) is 18.2 Å². The van der Waals surface area contributed by atoms with E-state index in [1.165, 1.54) is 18.4 Å². The number of nitrogens with one attached hydrogen (secondary N) is 1. The molecule has 9 nitrogen and oxygen atoms in total. The molecule has 1 saturated heterocycles. The molecule has 0 saturated carbocycles. The molecule has 0 aliphatic carbocycles. The Labute approximate surface area is 186 Å². The highest BCUT2D eigenvalue weighted by atomic mass is 32.1. The van der Waals surface area contributed by atoms with Crippen LogP contribution in [0.2, 0.25) is 0 Å². The molecule has 10 heteroatoms. The van der Waals surface area contributed by atoms with Crippen molar-refractivity contribution in [3.8, 4) is 0 Å². The zero-order chi connectivity index (χ0) is 22.4. The molecule has 1 atom stereocenters. The lowest BCUT2D eigenvalue weighted by molar-refractivity contribution is -0.139. The summed E-state index contributed by atoms with van der Waals surface area (Å²) in [6, 6.07) is 1.14. The molecule has 31 heavy (non-hydrogen) atoms. The van der Waals surface area contributed by atoms with Crippen molar-refractivity contribution in [2.75, 3.05) is 59.6 Å². The summed E-state index contributed by atoms with van der Waals surface area (Å²) in [6.07, 6.45) is 0. The van der Waals surface area contributed by atoms with Gasteiger partial charge in [0.1, 0.15) is 6.61 Å². The third kappa shape index (κ3) is 5.25. The second-order valence-corrected chi connectivity index (χ2v) is 8.13. The topological polar surface area (TPSA) is 91.4 Å². The van der Waals surface area contributed by atoms with E-state index in [-0.39, 0.29) is 25.2 Å². The average molecular weight is 451 g/mol. The maximum atomic E-state index is 13.0. The van der Waals surface area contributed by atoms with Crippen LogP contribution in [0.1, 0.15) is 25.5 Å². The van der Waals surface area contributed by atoms with Crippen LogP contribution in [-0.2, 0) is 19.1 Å². The van der Waals surface area contributed by atoms with Crippen LogP contribution in [0.4, 0.5) is 4.79 Å². The van der Waals surface area contributed by atoms with Gasteiger partial charge < -0.3 is 19.7 Å². The second-order valence-electron chi connectivity index (χ2n) is 7.35. The Kier molecular flexibility index (Phi) is 8.05. The molecule has 3 rings (SSSR count). The van der Waals surface area contributed by atoms with Gasteiger partial charge in [-0.2, -0.15) is 11.3 Å². The number of rotatable bonds is 8. The average Bonchev–Trinajstić information content (AvgIpc) is 3.29. The predicted octanol–water partition coefficient (Wildman–Crippen LogP) is 1.44. The summed E-state index contributed by atoms with van der Waals surface area (Å²) in [5, 5.41) is 6.82. The first-order valence-electron chi connectivity index (χ1n) is 10.5. The van der Waals surface area contributed by atoms with Crippen molar-refractivity contribution in [1.29, 1.82) is 0 Å². The van der Waals surface area contributed by atoms with Gasteiger partial charge in [0.2, 0.25) is 5.91 Å². The van der Waals surface area contributed by atoms with Crippen molar-refractivity contribution < 1.29 is 23.9 Å². The predicted molar refractivity (Wildman–Crippen MR) is 117 cm³/mol. The lowest BCUT2D eigenvalue weighted by atomic mass is 9.96. The van der Waals surface area contributed by atoms with E-state index in [0.29, 0.717) is 50.5 Å². The van der Waals surface area contributed by atoms with Crippen LogP contribution in [-0.4, -0.2) is 92.2 Å². The van der Waals surface area contributed by atoms with E-state index in [1.807, 2.05) is 23.8 Å². The minimum absolute atomic E-state index is 0.0293. The number of amides is 3. The van der Waals surface area contributed by atoms with Crippen molar-refractivity contribution >= 4 is 29.2 Å². The molecule has 1 aromatic heterocycles. The zero-order valence-electron chi connectivity index (χ0n) is 18.3. The molecule has 3 heterocycles. The third-order valence-corrected chi connectivity index (χ3v) is 6.19. The van der Waals surface area contributed by atoms with E-state index < -0.39 is 12.0 Å². The minimum atomic E-state index is -0.542. The first kappa shape index (κ1) is 23.2. The molecule has 1 aromatic rings. The number of esters is 1. The Morgan fingerprint density at radius 3 is 2.55 bits per heavy atom. The lowest BCUT2D eigenvalue weighted by Crippen LogP contribution is -2.54. The van der Waals surface area contributed by atoms with Crippen molar-refractivity contribution in [3.05, 3.63) is 33.7 Å². The second kappa shape index (κ2) is 10.7. The fourth-order valence-corrected chi connectivity index (χ4v) is 4.61. The number of hydrogen-bond acceptors (Lipinski definition) is 7. The number of carbonyl (C=O) groups excluding carboxylic acids is 3. The Hall–Kier alpha value is -2.43. The highest BCUT2D eigenvalue weighted by molar-refractivity contribution is 7.08. The molecule has 1 fully saturated rings. The summed E-state index contributed by atoms with van der Waals surface area (Å²) in [4.78, 5) is 43.5. The molecule has 0 aromatic carbocycles. The number of hydrogen-bond donors (Lipinski definition) is 1. The summed E-state index contributed by atoms with van der Waals surface area (Å²) >= 11 is 1.51. The quantitative estimate of drug-likeness (QED) is 0.603. The lowest BCUT2D eigenvalue weighted by Gasteiger charge is -2.40. The van der Waals surface area contributed by atoms with Crippen molar-refractivity contribution in [2.45, 2.75) is 19.9 Å². The van der Waals surface area contributed by atoms with Crippen LogP contribution in [0, 0.1) is 0 Å². The van der Waals surface area contributed by atoms with E-state index >= 15 is 0 Å². The van der Waals surface area contributed by atoms with E-state index in [0.717, 1.165) is 5.56 Å². The molecule has 2 aliphatic heterocycles. The zero-order valence-corrected chi connectivity index (χ0v) is 19.1. The maximum Gasteiger partial charge on any atom is 0.338 e. The Bertz CT molecular complexity index is 818. The van der Waals surface area contributed by atoms with Gasteiger partial charge in [-0.15, -0.1) is 0 Å². The fraction of sp³-hybridized carbons (Fsp3) is 0.571. The van der Waals surface area contributed by atoms with Crippen molar-refractivity contribution in [3.63, 3.8) is 0 Å². The molecule has 0 spiro atoms. The van der Waals surface area contributed by atoms with Crippen LogP contribution in [0.5, 0.6) is 0 Å². The van der Waals surface area contributed by atoms with E-state index in [1.54, 1.807) is 16.7 Å². The number of ether oxygens (including phenoxy) is 2. The highest BCUT2D eigenvalue weighted by Crippen LogP contribution is 2.33. The standard InChI is InChI=1S/C21H30N4O5S/c1-4-25-16(12-23-7-9-24(10-8-23)17(26)13-29-3)18(20(27)30-5-2)19(22-21(25)28)15-6-11-31-14-15/h6,11,14,19H,4-5,7-10,12-13H2,1-3H3,(H,22,28). The number of methoxy groups -OCH3 is 1. The summed E-state index contributed by atoms with van der Waals surface area (Å²) in [5.41, 5.74) is 2.00. The van der Waals surface area contributed by atoms with Crippen LogP contribution in [0.3, 0.4) is 0 Å². The summed E-state index contributed by atoms with van der Waals surface area (Å²) in [7, 11) is 1.51. The Morgan fingerprint density at radius 2 is 1.97 bits per heavy atom. The van der Waals surface area contributed by atoms with Gasteiger partial charge in [0.15, 0.2) is 0 Å². The van der Waals surface area contributed by atoms with Gasteiger partial charge >= 0.3 is 12.0 Å². The number of likely N-dealkylation sites (N-methyl/N-ethyl adjacent to an activating group) is 1. The normalized spacial score (nSPS) is 20.1. The molecule has 0 bridgehead atoms. The molecule has 1 unspecified atom stereocenters. The van der Waals surface area contributed by atoms with Gasteiger partial charge in [0, 0.05) is 52.1 Å². The Balaban J connectivity index is 1.88. The number of thiophene rings is 1. The third-order valence-electron chi connectivity index (χ3n) is 5.49. The number of urea groups is 1. The maximum absolute atomic E-state index is 13.0. The first-order chi connectivity index (χ1) is 15.0. The number of nitrogens with zero attached hydrogens (tertiary/aromatic N) is 3. The van der Waals surface area contributed by atoms with Gasteiger partial charge in [0.25, 0.3) is 0 Å². The number of piperazine rings is 1. The monoisotopic (exact) mass is 450 g/mol. The summed E-state index contributed by atoms with van der Waals surface area (Å²) in [6.45, 7) is 7.31. The molecular weight excluding hydrogens is 420 g/mol. The van der Waals surface area contributed by atoms with E-state index in [4.69, 9.17) is 9.47 Å². The molecule has 2 aliphatic rings.